The molecule has 0 bridgehead atoms. The Morgan fingerprint density at radius 1 is 0.582 bits per heavy atom. The van der Waals surface area contributed by atoms with Crippen LogP contribution in [-0.2, 0) is 26.5 Å². The van der Waals surface area contributed by atoms with Gasteiger partial charge in [0.15, 0.2) is 0 Å². The smallest absolute Gasteiger partial charge is 0.244 e. The van der Waals surface area contributed by atoms with E-state index in [2.05, 4.69) is 154 Å². The molecule has 0 fully saturated rings. The fraction of sp³-hybridized carbons (Fsp3) is 0.0800. The number of benzene rings is 7. The number of phenolic OH excluding ortho intramolecular Hbond substituents is 1. The maximum Gasteiger partial charge on any atom is 0.244 e. The maximum absolute atomic E-state index is 12.2. The molecule has 55 heavy (non-hydrogen) atoms. The van der Waals surface area contributed by atoms with E-state index in [1.54, 1.807) is 0 Å². The fourth-order valence-electron chi connectivity index (χ4n) is 9.14. The molecule has 0 atom stereocenters. The summed E-state index contributed by atoms with van der Waals surface area (Å²) in [5.41, 5.74) is 16.4. The number of pyridine rings is 2. The van der Waals surface area contributed by atoms with Gasteiger partial charge in [-0.15, -0.1) is 23.8 Å². The summed E-state index contributed by atoms with van der Waals surface area (Å²) in [5.74, 6) is 0.262. The van der Waals surface area contributed by atoms with Gasteiger partial charge in [-0.1, -0.05) is 164 Å². The van der Waals surface area contributed by atoms with Crippen molar-refractivity contribution < 1.29 is 26.2 Å². The molecule has 2 aliphatic rings. The molecule has 0 unspecified atom stereocenters. The van der Waals surface area contributed by atoms with E-state index in [0.29, 0.717) is 0 Å². The van der Waals surface area contributed by atoms with E-state index in [1.807, 2.05) is 18.3 Å². The summed E-state index contributed by atoms with van der Waals surface area (Å²) in [6, 6.07) is 53.1. The Morgan fingerprint density at radius 2 is 1.29 bits per heavy atom. The number of hydrogen-bond acceptors (Lipinski definition) is 3. The molecule has 3 nitrogen and oxygen atoms in total. The number of rotatable bonds is 3. The van der Waals surface area contributed by atoms with Crippen molar-refractivity contribution in [1.29, 1.82) is 0 Å². The molecule has 0 amide bonds. The molecule has 0 saturated carbocycles. The second kappa shape index (κ2) is 12.3. The van der Waals surface area contributed by atoms with Crippen LogP contribution in [0.2, 0.25) is 0 Å². The van der Waals surface area contributed by atoms with E-state index in [0.717, 1.165) is 71.6 Å². The van der Waals surface area contributed by atoms with E-state index < -0.39 is 0 Å². The van der Waals surface area contributed by atoms with Gasteiger partial charge in [0.1, 0.15) is 5.75 Å². The van der Waals surface area contributed by atoms with Gasteiger partial charge in [-0.3, -0.25) is 9.97 Å². The number of phenols is 1. The molecule has 4 heterocycles. The maximum atomic E-state index is 12.2. The third-order valence-electron chi connectivity index (χ3n) is 11.6. The Bertz CT molecular complexity index is 3060. The van der Waals surface area contributed by atoms with Gasteiger partial charge in [-0.25, -0.2) is 0 Å². The van der Waals surface area contributed by atoms with Gasteiger partial charge in [-0.2, -0.15) is 0 Å². The normalized spacial score (nSPS) is 12.5. The Labute approximate surface area is 335 Å². The molecule has 2 aliphatic heterocycles. The second-order valence-corrected chi connectivity index (χ2v) is 15.8. The summed E-state index contributed by atoms with van der Waals surface area (Å²) in [6.45, 7) is 6.80. The number of nitrogens with zero attached hydrogens (tertiary/aromatic N) is 2. The van der Waals surface area contributed by atoms with Crippen LogP contribution < -0.4 is 16.4 Å². The molecule has 9 aromatic rings. The summed E-state index contributed by atoms with van der Waals surface area (Å²) in [6.07, 6.45) is 1.88. The zero-order valence-electron chi connectivity index (χ0n) is 30.6. The van der Waals surface area contributed by atoms with Crippen molar-refractivity contribution in [2.24, 2.45) is 0 Å². The van der Waals surface area contributed by atoms with Gasteiger partial charge < -0.3 is 5.11 Å². The largest absolute Gasteiger partial charge is 0.507 e. The van der Waals surface area contributed by atoms with Crippen LogP contribution in [0.25, 0.3) is 88.3 Å². The molecule has 0 aliphatic carbocycles. The van der Waals surface area contributed by atoms with Crippen LogP contribution in [-0.4, -0.2) is 21.8 Å². The average Bonchev–Trinajstić information content (AvgIpc) is 3.73. The van der Waals surface area contributed by atoms with Crippen molar-refractivity contribution in [2.75, 3.05) is 0 Å². The minimum atomic E-state index is -0.124. The number of aromatic nitrogens is 2. The summed E-state index contributed by atoms with van der Waals surface area (Å²) < 4.78 is 0. The minimum Gasteiger partial charge on any atom is -0.507 e. The molecule has 5 heteroatoms. The van der Waals surface area contributed by atoms with Gasteiger partial charge in [0, 0.05) is 49.4 Å². The van der Waals surface area contributed by atoms with Crippen LogP contribution in [0.3, 0.4) is 0 Å². The second-order valence-electron chi connectivity index (χ2n) is 15.8. The monoisotopic (exact) mass is 884 g/mol. The third kappa shape index (κ3) is 5.01. The number of fused-ring (bicyclic) bond motifs is 13. The Hall–Kier alpha value is -5.83. The summed E-state index contributed by atoms with van der Waals surface area (Å²) in [4.78, 5) is 10.3. The molecule has 1 N–H and O–H groups in total. The molecule has 11 rings (SSSR count). The molecule has 264 valence electrons. The molecule has 7 aromatic carbocycles. The Morgan fingerprint density at radius 3 is 2.11 bits per heavy atom. The zero-order chi connectivity index (χ0) is 36.3. The van der Waals surface area contributed by atoms with Crippen LogP contribution >= 0.6 is 0 Å². The van der Waals surface area contributed by atoms with Gasteiger partial charge in [-0.05, 0) is 61.7 Å². The molecule has 0 saturated heterocycles. The first-order valence-electron chi connectivity index (χ1n) is 18.7. The summed E-state index contributed by atoms with van der Waals surface area (Å²) in [5, 5.41) is 17.3. The quantitative estimate of drug-likeness (QED) is 0.109. The topological polar surface area (TPSA) is 46.0 Å². The molecule has 0 spiro atoms. The fourth-order valence-corrected chi connectivity index (χ4v) is 9.14. The third-order valence-corrected chi connectivity index (χ3v) is 11.6. The van der Waals surface area contributed by atoms with E-state index in [-0.39, 0.29) is 38.9 Å². The summed E-state index contributed by atoms with van der Waals surface area (Å²) in [7, 11) is 0. The SMILES string of the molecule is CC(C)(C)c1cc(-c2cc(-c3ccccc3)ccn2)[c-]c(-c2ccc3c4ccccc4c4c5c(cc(O)c4c3n2)B2c3ccccc3-c3cccc-5c32)c1.[Pt]. The first kappa shape index (κ1) is 33.7. The van der Waals surface area contributed by atoms with E-state index in [4.69, 9.17) is 9.97 Å². The van der Waals surface area contributed by atoms with Crippen LogP contribution in [0.15, 0.2) is 146 Å². The number of hydrogen-bond donors (Lipinski definition) is 1. The van der Waals surface area contributed by atoms with Crippen LogP contribution in [0.1, 0.15) is 26.3 Å². The standard InChI is InChI=1S/C50H34BN2O.Pt/c1-50(2,3)33-25-31(24-32(26-33)43-27-30(22-23-52-43)29-12-5-4-6-13-29)42-21-20-38-34-14-7-8-16-36(34)46-45-39-18-11-17-37-35-15-9-10-19-40(35)51(48(37)39)41(45)28-44(54)47(46)49(38)53-42;/h4-23,25-28,54H,1-3H3;/q-1;. The van der Waals surface area contributed by atoms with Crippen molar-refractivity contribution in [2.45, 2.75) is 26.2 Å². The van der Waals surface area contributed by atoms with Crippen molar-refractivity contribution >= 4 is 55.5 Å². The first-order valence-corrected chi connectivity index (χ1v) is 18.7. The van der Waals surface area contributed by atoms with Crippen LogP contribution in [0, 0.1) is 6.07 Å². The minimum absolute atomic E-state index is 0. The average molecular weight is 885 g/mol. The van der Waals surface area contributed by atoms with Crippen molar-refractivity contribution in [1.82, 2.24) is 9.97 Å². The van der Waals surface area contributed by atoms with E-state index in [9.17, 15) is 5.11 Å². The Balaban J connectivity index is 0.00000372. The van der Waals surface area contributed by atoms with Gasteiger partial charge >= 0.3 is 0 Å². The van der Waals surface area contributed by atoms with Crippen molar-refractivity contribution in [3.05, 3.63) is 157 Å². The molecule has 0 radical (unpaired) electrons. The van der Waals surface area contributed by atoms with E-state index in [1.165, 1.54) is 38.7 Å². The predicted molar refractivity (Wildman–Crippen MR) is 226 cm³/mol. The van der Waals surface area contributed by atoms with Crippen LogP contribution in [0.5, 0.6) is 5.75 Å². The zero-order valence-corrected chi connectivity index (χ0v) is 32.9. The van der Waals surface area contributed by atoms with Crippen molar-refractivity contribution in [3.63, 3.8) is 0 Å². The first-order chi connectivity index (χ1) is 26.3. The van der Waals surface area contributed by atoms with Crippen LogP contribution in [0.4, 0.5) is 0 Å². The van der Waals surface area contributed by atoms with Gasteiger partial charge in [0.05, 0.1) is 10.9 Å². The molecule has 2 aromatic heterocycles. The summed E-state index contributed by atoms with van der Waals surface area (Å²) >= 11 is 0. The molecular weight excluding hydrogens is 850 g/mol. The molecular formula is C50H34BN2OPt-. The van der Waals surface area contributed by atoms with Crippen molar-refractivity contribution in [3.8, 4) is 61.6 Å². The van der Waals surface area contributed by atoms with E-state index >= 15 is 0 Å². The van der Waals surface area contributed by atoms with Gasteiger partial charge in [0.25, 0.3) is 0 Å². The predicted octanol–water partition coefficient (Wildman–Crippen LogP) is 10.2. The van der Waals surface area contributed by atoms with Gasteiger partial charge in [0.2, 0.25) is 6.71 Å². The Kier molecular flexibility index (Phi) is 7.57. The number of aromatic hydroxyl groups is 1.